The van der Waals surface area contributed by atoms with Crippen LogP contribution >= 0.6 is 0 Å². The Bertz CT molecular complexity index is 1140. The zero-order chi connectivity index (χ0) is 26.3. The van der Waals surface area contributed by atoms with Crippen molar-refractivity contribution in [3.05, 3.63) is 65.7 Å². The molecule has 5 saturated carbocycles. The summed E-state index contributed by atoms with van der Waals surface area (Å²) in [6, 6.07) is 10.3. The monoisotopic (exact) mass is 517 g/mol. The summed E-state index contributed by atoms with van der Waals surface area (Å²) in [5.41, 5.74) is 8.03. The summed E-state index contributed by atoms with van der Waals surface area (Å²) < 4.78 is 13.6. The van der Waals surface area contributed by atoms with Crippen molar-refractivity contribution >= 4 is 11.7 Å². The van der Waals surface area contributed by atoms with E-state index in [1.807, 2.05) is 12.1 Å². The molecule has 5 nitrogen and oxygen atoms in total. The smallest absolute Gasteiger partial charge is 0.230 e. The third-order valence-corrected chi connectivity index (χ3v) is 10.6. The fraction of sp³-hybridized carbons (Fsp3) is 0.594. The maximum Gasteiger partial charge on any atom is 0.230 e. The van der Waals surface area contributed by atoms with Crippen molar-refractivity contribution in [3.8, 4) is 0 Å². The fourth-order valence-electron chi connectivity index (χ4n) is 9.06. The van der Waals surface area contributed by atoms with E-state index in [-0.39, 0.29) is 23.2 Å². The van der Waals surface area contributed by atoms with Crippen LogP contribution in [-0.4, -0.2) is 29.3 Å². The predicted molar refractivity (Wildman–Crippen MR) is 145 cm³/mol. The van der Waals surface area contributed by atoms with Crippen LogP contribution < -0.4 is 11.1 Å². The molecule has 4 bridgehead atoms. The Kier molecular flexibility index (Phi) is 6.88. The summed E-state index contributed by atoms with van der Waals surface area (Å²) in [4.78, 5) is 31.4. The Morgan fingerprint density at radius 3 is 2.29 bits per heavy atom. The average Bonchev–Trinajstić information content (AvgIpc) is 2.92. The van der Waals surface area contributed by atoms with Crippen LogP contribution in [0.4, 0.5) is 4.39 Å². The zero-order valence-corrected chi connectivity index (χ0v) is 22.2. The highest BCUT2D eigenvalue weighted by molar-refractivity contribution is 5.88. The number of benzene rings is 1. The summed E-state index contributed by atoms with van der Waals surface area (Å²) in [7, 11) is 0. The average molecular weight is 518 g/mol. The van der Waals surface area contributed by atoms with Crippen molar-refractivity contribution in [2.45, 2.75) is 82.1 Å². The second-order valence-electron chi connectivity index (χ2n) is 12.8. The van der Waals surface area contributed by atoms with Crippen LogP contribution in [0.5, 0.6) is 0 Å². The Balaban J connectivity index is 1.13. The number of hydrogen-bond donors (Lipinski definition) is 2. The number of carbonyl (C=O) groups is 2. The van der Waals surface area contributed by atoms with Crippen molar-refractivity contribution in [3.63, 3.8) is 0 Å². The third kappa shape index (κ3) is 4.59. The zero-order valence-electron chi connectivity index (χ0n) is 22.2. The fourth-order valence-corrected chi connectivity index (χ4v) is 9.06. The molecule has 3 unspecified atom stereocenters. The van der Waals surface area contributed by atoms with Gasteiger partial charge in [0.15, 0.2) is 0 Å². The number of carbonyl (C=O) groups excluding carboxylic acids is 2. The van der Waals surface area contributed by atoms with Crippen molar-refractivity contribution in [2.75, 3.05) is 6.54 Å². The summed E-state index contributed by atoms with van der Waals surface area (Å²) in [5, 5.41) is 3.25. The number of ketones is 1. The minimum absolute atomic E-state index is 0.0343. The van der Waals surface area contributed by atoms with Crippen LogP contribution in [0.3, 0.4) is 0 Å². The predicted octanol–water partition coefficient (Wildman–Crippen LogP) is 5.12. The van der Waals surface area contributed by atoms with Gasteiger partial charge in [-0.15, -0.1) is 0 Å². The lowest BCUT2D eigenvalue weighted by molar-refractivity contribution is -0.151. The van der Waals surface area contributed by atoms with Crippen molar-refractivity contribution in [1.29, 1.82) is 0 Å². The number of amides is 1. The number of nitrogens with zero attached hydrogens (tertiary/aromatic N) is 1. The van der Waals surface area contributed by atoms with E-state index in [2.05, 4.69) is 10.3 Å². The van der Waals surface area contributed by atoms with Crippen molar-refractivity contribution in [2.24, 2.45) is 34.8 Å². The molecule has 3 atom stereocenters. The molecule has 6 heteroatoms. The minimum Gasteiger partial charge on any atom is -0.354 e. The van der Waals surface area contributed by atoms with Gasteiger partial charge in [0.2, 0.25) is 5.91 Å². The summed E-state index contributed by atoms with van der Waals surface area (Å²) >= 11 is 0. The molecule has 5 aliphatic rings. The lowest BCUT2D eigenvalue weighted by Crippen LogP contribution is -2.60. The molecule has 0 aliphatic heterocycles. The van der Waals surface area contributed by atoms with Gasteiger partial charge in [-0.3, -0.25) is 14.6 Å². The van der Waals surface area contributed by atoms with Gasteiger partial charge in [0.05, 0.1) is 5.41 Å². The van der Waals surface area contributed by atoms with Gasteiger partial charge in [0.25, 0.3) is 0 Å². The molecular weight excluding hydrogens is 477 g/mol. The Hall–Kier alpha value is -2.60. The van der Waals surface area contributed by atoms with Crippen LogP contribution in [0.2, 0.25) is 0 Å². The first kappa shape index (κ1) is 25.7. The lowest BCUT2D eigenvalue weighted by Gasteiger charge is -2.60. The molecule has 38 heavy (non-hydrogen) atoms. The third-order valence-electron chi connectivity index (χ3n) is 10.6. The SMILES string of the molecule is NC(CNC(=O)C1(c2ccc(F)cc2)CCCCC1)C1C2CC3CC1CC(C(=O)Cc1ccncc1)(C3)C2. The Morgan fingerprint density at radius 1 is 0.974 bits per heavy atom. The number of halogens is 1. The van der Waals surface area contributed by atoms with E-state index < -0.39 is 5.41 Å². The molecule has 5 aliphatic carbocycles. The molecule has 1 amide bonds. The van der Waals surface area contributed by atoms with Crippen LogP contribution in [0.15, 0.2) is 48.8 Å². The molecular formula is C32H40FN3O2. The summed E-state index contributed by atoms with van der Waals surface area (Å²) in [5.74, 6) is 2.03. The number of hydrogen-bond acceptors (Lipinski definition) is 4. The molecule has 0 radical (unpaired) electrons. The van der Waals surface area contributed by atoms with E-state index in [0.717, 1.165) is 75.3 Å². The molecule has 202 valence electrons. The second-order valence-corrected chi connectivity index (χ2v) is 12.8. The molecule has 7 rings (SSSR count). The molecule has 1 aromatic heterocycles. The van der Waals surface area contributed by atoms with E-state index in [1.54, 1.807) is 24.5 Å². The molecule has 1 heterocycles. The van der Waals surface area contributed by atoms with Crippen LogP contribution in [0.25, 0.3) is 0 Å². The highest BCUT2D eigenvalue weighted by Crippen LogP contribution is 2.63. The first-order chi connectivity index (χ1) is 18.4. The minimum atomic E-state index is -0.598. The van der Waals surface area contributed by atoms with E-state index in [9.17, 15) is 14.0 Å². The summed E-state index contributed by atoms with van der Waals surface area (Å²) in [6.45, 7) is 0.460. The molecule has 3 N–H and O–H groups in total. The van der Waals surface area contributed by atoms with Gasteiger partial charge in [0, 0.05) is 36.8 Å². The molecule has 5 fully saturated rings. The topological polar surface area (TPSA) is 85.1 Å². The molecule has 2 aromatic rings. The van der Waals surface area contributed by atoms with Gasteiger partial charge in [-0.25, -0.2) is 4.39 Å². The second kappa shape index (κ2) is 10.2. The number of nitrogens with two attached hydrogens (primary N) is 1. The largest absolute Gasteiger partial charge is 0.354 e. The van der Waals surface area contributed by atoms with E-state index in [4.69, 9.17) is 5.73 Å². The highest BCUT2D eigenvalue weighted by atomic mass is 19.1. The van der Waals surface area contributed by atoms with Gasteiger partial charge in [0.1, 0.15) is 11.6 Å². The van der Waals surface area contributed by atoms with Gasteiger partial charge in [-0.05, 0) is 104 Å². The molecule has 0 saturated heterocycles. The lowest BCUT2D eigenvalue weighted by atomic mass is 9.44. The van der Waals surface area contributed by atoms with E-state index in [0.29, 0.717) is 42.4 Å². The normalized spacial score (nSPS) is 32.1. The molecule has 1 aromatic carbocycles. The van der Waals surface area contributed by atoms with Crippen LogP contribution in [0.1, 0.15) is 75.3 Å². The number of pyridine rings is 1. The quantitative estimate of drug-likeness (QED) is 0.509. The standard InChI is InChI=1S/C32H40FN3O2/c33-26-6-4-25(5-7-26)32(10-2-1-3-11-32)30(38)36-20-27(34)29-23-14-22-15-24(29)19-31(17-22,18-23)28(37)16-21-8-12-35-13-9-21/h4-9,12-13,22-24,27,29H,1-3,10-11,14-20,34H2,(H,36,38). The number of rotatable bonds is 8. The van der Waals surface area contributed by atoms with Gasteiger partial charge in [-0.2, -0.15) is 0 Å². The maximum atomic E-state index is 13.7. The highest BCUT2D eigenvalue weighted by Gasteiger charge is 2.58. The van der Waals surface area contributed by atoms with E-state index >= 15 is 0 Å². The number of nitrogens with one attached hydrogen (secondary N) is 1. The van der Waals surface area contributed by atoms with Gasteiger partial charge < -0.3 is 11.1 Å². The molecule has 0 spiro atoms. The Morgan fingerprint density at radius 2 is 1.63 bits per heavy atom. The van der Waals surface area contributed by atoms with Gasteiger partial charge in [-0.1, -0.05) is 31.4 Å². The van der Waals surface area contributed by atoms with E-state index in [1.165, 1.54) is 12.1 Å². The number of aromatic nitrogens is 1. The van der Waals surface area contributed by atoms with Crippen LogP contribution in [-0.2, 0) is 21.4 Å². The maximum absolute atomic E-state index is 13.7. The van der Waals surface area contributed by atoms with Gasteiger partial charge >= 0.3 is 0 Å². The number of Topliss-reactive ketones (excluding diaryl/α,β-unsaturated/α-hetero) is 1. The first-order valence-electron chi connectivity index (χ1n) is 14.6. The first-order valence-corrected chi connectivity index (χ1v) is 14.6. The summed E-state index contributed by atoms with van der Waals surface area (Å²) in [6.07, 6.45) is 14.0. The Labute approximate surface area is 225 Å². The van der Waals surface area contributed by atoms with Crippen LogP contribution in [0, 0.1) is 34.9 Å². The van der Waals surface area contributed by atoms with Crippen molar-refractivity contribution < 1.29 is 14.0 Å². The van der Waals surface area contributed by atoms with Crippen molar-refractivity contribution in [1.82, 2.24) is 10.3 Å².